The molecule has 0 radical (unpaired) electrons. The summed E-state index contributed by atoms with van der Waals surface area (Å²) in [6.07, 6.45) is 10.7. The number of fused-ring (bicyclic) bond motifs is 1. The average molecular weight is 601 g/mol. The zero-order valence-corrected chi connectivity index (χ0v) is 26.5. The van der Waals surface area contributed by atoms with E-state index in [-0.39, 0.29) is 23.7 Å². The van der Waals surface area contributed by atoms with Gasteiger partial charge in [0.1, 0.15) is 5.52 Å². The highest BCUT2D eigenvalue weighted by Crippen LogP contribution is 2.42. The number of aromatic nitrogens is 4. The van der Waals surface area contributed by atoms with E-state index in [1.165, 1.54) is 56.9 Å². The van der Waals surface area contributed by atoms with Gasteiger partial charge in [-0.2, -0.15) is 9.98 Å². The molecule has 44 heavy (non-hydrogen) atoms. The van der Waals surface area contributed by atoms with Crippen LogP contribution in [0.3, 0.4) is 0 Å². The number of aliphatic imine (C=N–C) groups is 1. The highest BCUT2D eigenvalue weighted by atomic mass is 16.4. The molecule has 0 bridgehead atoms. The third-order valence-electron chi connectivity index (χ3n) is 10.6. The molecule has 3 atom stereocenters. The van der Waals surface area contributed by atoms with Crippen molar-refractivity contribution in [3.05, 3.63) is 41.7 Å². The Morgan fingerprint density at radius 3 is 2.43 bits per heavy atom. The molecule has 10 heteroatoms. The highest BCUT2D eigenvalue weighted by Gasteiger charge is 2.35. The number of rotatable bonds is 9. The van der Waals surface area contributed by atoms with Gasteiger partial charge in [0, 0.05) is 19.1 Å². The van der Waals surface area contributed by atoms with Crippen molar-refractivity contribution in [1.29, 1.82) is 0 Å². The second-order valence-electron chi connectivity index (χ2n) is 13.5. The second-order valence-corrected chi connectivity index (χ2v) is 13.5. The van der Waals surface area contributed by atoms with Gasteiger partial charge in [0.05, 0.1) is 6.04 Å². The molecule has 2 aromatic heterocycles. The van der Waals surface area contributed by atoms with Crippen LogP contribution in [0, 0.1) is 23.7 Å². The van der Waals surface area contributed by atoms with Crippen molar-refractivity contribution in [3.63, 3.8) is 0 Å². The van der Waals surface area contributed by atoms with Crippen molar-refractivity contribution in [2.24, 2.45) is 34.4 Å². The van der Waals surface area contributed by atoms with E-state index in [1.807, 2.05) is 0 Å². The Balaban J connectivity index is 1.50. The Labute approximate surface area is 260 Å². The molecule has 10 nitrogen and oxygen atoms in total. The molecule has 3 aliphatic rings. The smallest absolute Gasteiger partial charge is 0.433 e. The molecular weight excluding hydrogens is 552 g/mol. The summed E-state index contributed by atoms with van der Waals surface area (Å²) in [6.45, 7) is 8.61. The molecule has 3 fully saturated rings. The van der Waals surface area contributed by atoms with Crippen LogP contribution in [0.4, 0.5) is 16.6 Å². The lowest BCUT2D eigenvalue weighted by Gasteiger charge is -2.41. The monoisotopic (exact) mass is 600 g/mol. The predicted octanol–water partition coefficient (Wildman–Crippen LogP) is 7.00. The molecule has 3 heterocycles. The van der Waals surface area contributed by atoms with E-state index in [0.717, 1.165) is 43.3 Å². The number of imidazole rings is 1. The fraction of sp³-hybridized carbons (Fsp3) is 0.618. The number of nitrogens with one attached hydrogen (secondary N) is 1. The number of amides is 1. The van der Waals surface area contributed by atoms with Crippen molar-refractivity contribution in [2.75, 3.05) is 16.8 Å². The van der Waals surface area contributed by atoms with Crippen LogP contribution < -0.4 is 16.0 Å². The summed E-state index contributed by atoms with van der Waals surface area (Å²) >= 11 is 0. The summed E-state index contributed by atoms with van der Waals surface area (Å²) in [5.41, 5.74) is 8.84. The van der Waals surface area contributed by atoms with E-state index >= 15 is 0 Å². The standard InChI is InChI=1S/C34H48N8O2/c1-4-23-15-17-24(18-16-23)20-42-28-30(36-22(3)25-13-8-14-25)38-32(29(35)37-34(43)44)39-31(28)40-33(42)41-19-9-10-21(2)27(41)26-11-6-5-7-12-26/h5-7,11-12,21-25,27H,4,8-10,13-20H2,1-3H3,(H2,35,37)(H,43,44)(H,36,38,39)/t21?,22-,23?,24?,27?/m1/s1. The van der Waals surface area contributed by atoms with Crippen LogP contribution in [0.15, 0.2) is 35.3 Å². The van der Waals surface area contributed by atoms with Gasteiger partial charge in [0.25, 0.3) is 0 Å². The summed E-state index contributed by atoms with van der Waals surface area (Å²) < 4.78 is 2.38. The van der Waals surface area contributed by atoms with E-state index in [0.29, 0.717) is 29.2 Å². The minimum absolute atomic E-state index is 0.0921. The first kappa shape index (κ1) is 30.3. The Morgan fingerprint density at radius 1 is 1.05 bits per heavy atom. The molecule has 2 aliphatic carbocycles. The van der Waals surface area contributed by atoms with Crippen molar-refractivity contribution >= 4 is 34.9 Å². The quantitative estimate of drug-likeness (QED) is 0.176. The van der Waals surface area contributed by atoms with Gasteiger partial charge in [-0.15, -0.1) is 0 Å². The molecule has 1 saturated heterocycles. The van der Waals surface area contributed by atoms with Crippen LogP contribution in [0.1, 0.15) is 102 Å². The lowest BCUT2D eigenvalue weighted by molar-refractivity contribution is 0.205. The Morgan fingerprint density at radius 2 is 1.77 bits per heavy atom. The van der Waals surface area contributed by atoms with Crippen LogP contribution in [0.5, 0.6) is 0 Å². The second kappa shape index (κ2) is 13.1. The van der Waals surface area contributed by atoms with E-state index in [1.54, 1.807) is 0 Å². The van der Waals surface area contributed by atoms with E-state index < -0.39 is 6.09 Å². The summed E-state index contributed by atoms with van der Waals surface area (Å²) in [6, 6.07) is 11.2. The number of amidine groups is 1. The molecule has 1 aromatic carbocycles. The van der Waals surface area contributed by atoms with E-state index in [2.05, 4.69) is 70.9 Å². The number of hydrogen-bond acceptors (Lipinski definition) is 6. The molecular formula is C34H48N8O2. The maximum atomic E-state index is 11.4. The maximum Gasteiger partial charge on any atom is 0.433 e. The summed E-state index contributed by atoms with van der Waals surface area (Å²) in [5.74, 6) is 3.83. The number of carboxylic acid groups (broad SMARTS) is 1. The maximum absolute atomic E-state index is 11.4. The largest absolute Gasteiger partial charge is 0.463 e. The predicted molar refractivity (Wildman–Crippen MR) is 175 cm³/mol. The SMILES string of the molecule is CCC1CCC(Cn2c(N3CCCC(C)C3c3ccccc3)nc3nc(/C(N)=N/C(=O)O)nc(N[C@H](C)C4CCC4)c32)CC1. The van der Waals surface area contributed by atoms with Crippen molar-refractivity contribution < 1.29 is 9.90 Å². The van der Waals surface area contributed by atoms with Crippen molar-refractivity contribution in [2.45, 2.75) is 104 Å². The zero-order valence-electron chi connectivity index (χ0n) is 26.5. The summed E-state index contributed by atoms with van der Waals surface area (Å²) in [5, 5.41) is 13.0. The lowest BCUT2D eigenvalue weighted by atomic mass is 9.80. The van der Waals surface area contributed by atoms with Crippen molar-refractivity contribution in [1.82, 2.24) is 19.5 Å². The summed E-state index contributed by atoms with van der Waals surface area (Å²) in [4.78, 5) is 32.3. The van der Waals surface area contributed by atoms with Gasteiger partial charge in [-0.25, -0.2) is 14.8 Å². The Hall–Kier alpha value is -3.69. The number of nitrogens with zero attached hydrogens (tertiary/aromatic N) is 6. The van der Waals surface area contributed by atoms with Gasteiger partial charge in [-0.05, 0) is 74.7 Å². The van der Waals surface area contributed by atoms with Crippen LogP contribution >= 0.6 is 0 Å². The first-order valence-electron chi connectivity index (χ1n) is 16.8. The third kappa shape index (κ3) is 6.26. The minimum Gasteiger partial charge on any atom is -0.463 e. The van der Waals surface area contributed by atoms with Gasteiger partial charge in [0.15, 0.2) is 23.1 Å². The van der Waals surface area contributed by atoms with Crippen LogP contribution in [-0.2, 0) is 6.54 Å². The van der Waals surface area contributed by atoms with E-state index in [4.69, 9.17) is 20.7 Å². The third-order valence-corrected chi connectivity index (χ3v) is 10.6. The molecule has 6 rings (SSSR count). The van der Waals surface area contributed by atoms with Crippen molar-refractivity contribution in [3.8, 4) is 0 Å². The molecule has 0 spiro atoms. The van der Waals surface area contributed by atoms with Crippen LogP contribution in [-0.4, -0.2) is 49.1 Å². The fourth-order valence-corrected chi connectivity index (χ4v) is 7.71. The van der Waals surface area contributed by atoms with E-state index in [9.17, 15) is 9.90 Å². The lowest BCUT2D eigenvalue weighted by Crippen LogP contribution is -2.40. The normalized spacial score (nSPS) is 25.5. The number of benzene rings is 1. The molecule has 1 amide bonds. The van der Waals surface area contributed by atoms with Gasteiger partial charge in [-0.3, -0.25) is 0 Å². The minimum atomic E-state index is -1.37. The average Bonchev–Trinajstić information content (AvgIpc) is 3.34. The highest BCUT2D eigenvalue weighted by molar-refractivity contribution is 6.01. The van der Waals surface area contributed by atoms with Gasteiger partial charge in [-0.1, -0.05) is 69.9 Å². The number of hydrogen-bond donors (Lipinski definition) is 3. The molecule has 4 N–H and O–H groups in total. The number of nitrogens with two attached hydrogens (primary N) is 1. The van der Waals surface area contributed by atoms with Crippen LogP contribution in [0.2, 0.25) is 0 Å². The van der Waals surface area contributed by atoms with Gasteiger partial charge < -0.3 is 25.6 Å². The number of anilines is 2. The molecule has 3 aromatic rings. The number of carbonyl (C=O) groups is 1. The fourth-order valence-electron chi connectivity index (χ4n) is 7.71. The van der Waals surface area contributed by atoms with Gasteiger partial charge in [0.2, 0.25) is 5.95 Å². The molecule has 1 aliphatic heterocycles. The molecule has 2 unspecified atom stereocenters. The first-order valence-corrected chi connectivity index (χ1v) is 16.8. The van der Waals surface area contributed by atoms with Gasteiger partial charge >= 0.3 is 6.09 Å². The Kier molecular flexibility index (Phi) is 9.05. The summed E-state index contributed by atoms with van der Waals surface area (Å²) in [7, 11) is 0. The topological polar surface area (TPSA) is 135 Å². The zero-order chi connectivity index (χ0) is 30.8. The Bertz CT molecular complexity index is 1480. The molecule has 2 saturated carbocycles. The first-order chi connectivity index (χ1) is 21.3. The number of piperidine rings is 1. The van der Waals surface area contributed by atoms with Crippen LogP contribution in [0.25, 0.3) is 11.2 Å². The molecule has 236 valence electrons.